The van der Waals surface area contributed by atoms with Crippen LogP contribution in [-0.4, -0.2) is 16.9 Å². The van der Waals surface area contributed by atoms with E-state index in [2.05, 4.69) is 10.6 Å². The lowest BCUT2D eigenvalue weighted by atomic mass is 10.1. The van der Waals surface area contributed by atoms with Gasteiger partial charge in [0.1, 0.15) is 5.00 Å². The molecule has 0 bridgehead atoms. The molecule has 0 aliphatic carbocycles. The lowest BCUT2D eigenvalue weighted by Crippen LogP contribution is -2.34. The molecule has 20 heavy (non-hydrogen) atoms. The number of primary amides is 1. The number of nitrogens with two attached hydrogens (primary N) is 1. The molecule has 1 aromatic heterocycles. The topological polar surface area (TPSA) is 84.2 Å². The lowest BCUT2D eigenvalue weighted by Gasteiger charge is -2.09. The highest BCUT2D eigenvalue weighted by molar-refractivity contribution is 7.80. The van der Waals surface area contributed by atoms with Crippen LogP contribution in [0.4, 0.5) is 5.00 Å². The minimum absolute atomic E-state index is 0.130. The van der Waals surface area contributed by atoms with E-state index < -0.39 is 5.91 Å². The van der Waals surface area contributed by atoms with Crippen molar-refractivity contribution >= 4 is 45.5 Å². The number of thiocarbonyl (C=S) groups is 1. The molecule has 0 fully saturated rings. The number of hydrogen-bond donors (Lipinski definition) is 3. The van der Waals surface area contributed by atoms with Crippen LogP contribution < -0.4 is 16.4 Å². The number of rotatable bonds is 5. The first-order chi connectivity index (χ1) is 9.36. The molecule has 1 heterocycles. The average molecular weight is 313 g/mol. The van der Waals surface area contributed by atoms with Gasteiger partial charge in [0.2, 0.25) is 5.91 Å². The maximum absolute atomic E-state index is 11.6. The third-order valence-electron chi connectivity index (χ3n) is 2.87. The lowest BCUT2D eigenvalue weighted by molar-refractivity contribution is -0.119. The Balaban J connectivity index is 2.74. The van der Waals surface area contributed by atoms with Gasteiger partial charge in [0.25, 0.3) is 5.91 Å². The Kier molecular flexibility index (Phi) is 6.09. The number of aryl methyl sites for hydroxylation is 1. The Labute approximate surface area is 127 Å². The summed E-state index contributed by atoms with van der Waals surface area (Å²) in [5.41, 5.74) is 6.63. The molecule has 0 saturated carbocycles. The van der Waals surface area contributed by atoms with Gasteiger partial charge in [-0.3, -0.25) is 9.59 Å². The number of carbonyl (C=O) groups excluding carboxylic acids is 2. The number of thiophene rings is 1. The maximum atomic E-state index is 11.6. The van der Waals surface area contributed by atoms with Crippen molar-refractivity contribution in [3.8, 4) is 0 Å². The molecule has 0 unspecified atom stereocenters. The molecule has 0 spiro atoms. The second kappa shape index (κ2) is 7.35. The summed E-state index contributed by atoms with van der Waals surface area (Å²) in [4.78, 5) is 24.0. The second-order valence-electron chi connectivity index (χ2n) is 4.46. The maximum Gasteiger partial charge on any atom is 0.251 e. The summed E-state index contributed by atoms with van der Waals surface area (Å²) >= 11 is 6.46. The molecule has 2 amide bonds. The first-order valence-corrected chi connectivity index (χ1v) is 7.59. The van der Waals surface area contributed by atoms with Gasteiger partial charge >= 0.3 is 0 Å². The highest BCUT2D eigenvalue weighted by Crippen LogP contribution is 2.31. The molecule has 1 rings (SSSR count). The summed E-state index contributed by atoms with van der Waals surface area (Å²) in [7, 11) is 0. The fraction of sp³-hybridized carbons (Fsp3) is 0.462. The van der Waals surface area contributed by atoms with Gasteiger partial charge in [0.15, 0.2) is 5.11 Å². The molecular formula is C13H19N3O2S2. The van der Waals surface area contributed by atoms with Gasteiger partial charge in [-0.15, -0.1) is 11.3 Å². The van der Waals surface area contributed by atoms with Crippen LogP contribution in [0.5, 0.6) is 0 Å². The Morgan fingerprint density at radius 3 is 2.55 bits per heavy atom. The van der Waals surface area contributed by atoms with E-state index in [-0.39, 0.29) is 11.0 Å². The number of hydrogen-bond acceptors (Lipinski definition) is 4. The van der Waals surface area contributed by atoms with Crippen molar-refractivity contribution in [2.45, 2.75) is 40.0 Å². The van der Waals surface area contributed by atoms with Crippen LogP contribution in [0, 0.1) is 13.8 Å². The van der Waals surface area contributed by atoms with E-state index in [4.69, 9.17) is 18.0 Å². The van der Waals surface area contributed by atoms with Gasteiger partial charge in [-0.25, -0.2) is 0 Å². The summed E-state index contributed by atoms with van der Waals surface area (Å²) < 4.78 is 0. The molecule has 0 atom stereocenters. The smallest absolute Gasteiger partial charge is 0.251 e. The van der Waals surface area contributed by atoms with Crippen molar-refractivity contribution in [1.29, 1.82) is 0 Å². The van der Waals surface area contributed by atoms with E-state index in [1.165, 1.54) is 11.3 Å². The molecule has 110 valence electrons. The number of nitrogens with one attached hydrogen (secondary N) is 2. The minimum Gasteiger partial charge on any atom is -0.365 e. The Morgan fingerprint density at radius 1 is 1.35 bits per heavy atom. The van der Waals surface area contributed by atoms with Gasteiger partial charge in [-0.1, -0.05) is 13.3 Å². The van der Waals surface area contributed by atoms with Crippen LogP contribution in [0.1, 0.15) is 47.0 Å². The molecule has 7 heteroatoms. The van der Waals surface area contributed by atoms with Crippen LogP contribution in [0.25, 0.3) is 0 Å². The molecule has 0 aromatic carbocycles. The highest BCUT2D eigenvalue weighted by Gasteiger charge is 2.18. The van der Waals surface area contributed by atoms with Gasteiger partial charge < -0.3 is 16.4 Å². The summed E-state index contributed by atoms with van der Waals surface area (Å²) in [6.45, 7) is 5.75. The zero-order chi connectivity index (χ0) is 15.3. The largest absolute Gasteiger partial charge is 0.365 e. The number of unbranched alkanes of at least 4 members (excludes halogenated alkanes) is 1. The molecule has 0 aliphatic rings. The normalized spacial score (nSPS) is 10.2. The fourth-order valence-electron chi connectivity index (χ4n) is 1.67. The predicted octanol–water partition coefficient (Wildman–Crippen LogP) is 2.47. The third kappa shape index (κ3) is 4.28. The van der Waals surface area contributed by atoms with Crippen LogP contribution >= 0.6 is 23.6 Å². The zero-order valence-electron chi connectivity index (χ0n) is 11.8. The van der Waals surface area contributed by atoms with Crippen molar-refractivity contribution < 1.29 is 9.59 Å². The minimum atomic E-state index is -0.505. The van der Waals surface area contributed by atoms with Crippen molar-refractivity contribution in [3.63, 3.8) is 0 Å². The molecule has 5 nitrogen and oxygen atoms in total. The van der Waals surface area contributed by atoms with Crippen molar-refractivity contribution in [3.05, 3.63) is 16.0 Å². The summed E-state index contributed by atoms with van der Waals surface area (Å²) in [5.74, 6) is -0.635. The Morgan fingerprint density at radius 2 is 2.00 bits per heavy atom. The first-order valence-electron chi connectivity index (χ1n) is 6.37. The second-order valence-corrected chi connectivity index (χ2v) is 6.09. The number of carbonyl (C=O) groups is 2. The van der Waals surface area contributed by atoms with Crippen LogP contribution in [0.15, 0.2) is 0 Å². The van der Waals surface area contributed by atoms with E-state index in [9.17, 15) is 9.59 Å². The molecule has 0 aliphatic heterocycles. The van der Waals surface area contributed by atoms with Crippen LogP contribution in [0.3, 0.4) is 0 Å². The van der Waals surface area contributed by atoms with Gasteiger partial charge in [-0.2, -0.15) is 0 Å². The fourth-order valence-corrected chi connectivity index (χ4v) is 3.02. The van der Waals surface area contributed by atoms with E-state index >= 15 is 0 Å². The van der Waals surface area contributed by atoms with Crippen LogP contribution in [-0.2, 0) is 4.79 Å². The SMILES string of the molecule is CCCCC(=O)NC(=S)Nc1sc(C)c(C)c1C(N)=O. The van der Waals surface area contributed by atoms with Gasteiger partial charge in [-0.05, 0) is 38.0 Å². The van der Waals surface area contributed by atoms with Gasteiger partial charge in [0.05, 0.1) is 5.56 Å². The number of amides is 2. The van der Waals surface area contributed by atoms with Crippen LogP contribution in [0.2, 0.25) is 0 Å². The molecule has 0 saturated heterocycles. The number of anilines is 1. The Bertz CT molecular complexity index is 538. The first kappa shape index (κ1) is 16.6. The van der Waals surface area contributed by atoms with Crippen molar-refractivity contribution in [1.82, 2.24) is 5.32 Å². The zero-order valence-corrected chi connectivity index (χ0v) is 13.5. The van der Waals surface area contributed by atoms with Gasteiger partial charge in [0, 0.05) is 11.3 Å². The van der Waals surface area contributed by atoms with E-state index in [0.29, 0.717) is 17.0 Å². The van der Waals surface area contributed by atoms with E-state index in [1.807, 2.05) is 20.8 Å². The molecular weight excluding hydrogens is 294 g/mol. The third-order valence-corrected chi connectivity index (χ3v) is 4.20. The summed E-state index contributed by atoms with van der Waals surface area (Å²) in [6.07, 6.45) is 2.20. The quantitative estimate of drug-likeness (QED) is 0.729. The average Bonchev–Trinajstić information content (AvgIpc) is 2.61. The molecule has 0 radical (unpaired) electrons. The standard InChI is InChI=1S/C13H19N3O2S2/c1-4-5-6-9(17)15-13(19)16-12-10(11(14)18)7(2)8(3)20-12/h4-6H2,1-3H3,(H2,14,18)(H2,15,16,17,19). The van der Waals surface area contributed by atoms with E-state index in [1.54, 1.807) is 0 Å². The Hall–Kier alpha value is -1.47. The monoisotopic (exact) mass is 313 g/mol. The van der Waals surface area contributed by atoms with Crippen molar-refractivity contribution in [2.75, 3.05) is 5.32 Å². The highest BCUT2D eigenvalue weighted by atomic mass is 32.1. The molecule has 4 N–H and O–H groups in total. The van der Waals surface area contributed by atoms with E-state index in [0.717, 1.165) is 23.3 Å². The summed E-state index contributed by atoms with van der Waals surface area (Å²) in [6, 6.07) is 0. The molecule has 1 aromatic rings. The van der Waals surface area contributed by atoms with Crippen molar-refractivity contribution in [2.24, 2.45) is 5.73 Å². The summed E-state index contributed by atoms with van der Waals surface area (Å²) in [5, 5.41) is 6.24. The predicted molar refractivity (Wildman–Crippen MR) is 86.2 cm³/mol.